The second-order valence-corrected chi connectivity index (χ2v) is 5.49. The van der Waals surface area contributed by atoms with Gasteiger partial charge in [-0.15, -0.1) is 0 Å². The van der Waals surface area contributed by atoms with Gasteiger partial charge in [0, 0.05) is 4.47 Å². The summed E-state index contributed by atoms with van der Waals surface area (Å²) in [6.07, 6.45) is -7.35. The van der Waals surface area contributed by atoms with Crippen molar-refractivity contribution in [1.82, 2.24) is 5.32 Å². The van der Waals surface area contributed by atoms with Crippen LogP contribution in [0.25, 0.3) is 0 Å². The van der Waals surface area contributed by atoms with Gasteiger partial charge in [-0.05, 0) is 34.1 Å². The van der Waals surface area contributed by atoms with Crippen molar-refractivity contribution in [2.24, 2.45) is 0 Å². The Balaban J connectivity index is 2.40. The van der Waals surface area contributed by atoms with Crippen molar-refractivity contribution in [1.29, 1.82) is 0 Å². The number of carbonyl (C=O) groups is 1. The minimum atomic E-state index is -4.76. The van der Waals surface area contributed by atoms with Crippen molar-refractivity contribution in [3.05, 3.63) is 27.1 Å². The molecule has 2 N–H and O–H groups in total. The average Bonchev–Trinajstić information content (AvgIpc) is 2.33. The average molecular weight is 421 g/mol. The Morgan fingerprint density at radius 3 is 2.60 bits per heavy atom. The van der Waals surface area contributed by atoms with E-state index in [1.165, 1.54) is 0 Å². The van der Waals surface area contributed by atoms with Crippen molar-refractivity contribution >= 4 is 37.8 Å². The second-order valence-electron chi connectivity index (χ2n) is 3.72. The number of hydrogen-bond acceptors (Lipinski definition) is 3. The molecule has 20 heavy (non-hydrogen) atoms. The normalized spacial score (nSPS) is 12.9. The Morgan fingerprint density at radius 1 is 1.40 bits per heavy atom. The molecule has 0 fully saturated rings. The van der Waals surface area contributed by atoms with E-state index >= 15 is 0 Å². The van der Waals surface area contributed by atoms with E-state index < -0.39 is 31.3 Å². The first-order valence-corrected chi connectivity index (χ1v) is 6.88. The van der Waals surface area contributed by atoms with Gasteiger partial charge in [0.15, 0.2) is 12.7 Å². The molecule has 0 aliphatic rings. The summed E-state index contributed by atoms with van der Waals surface area (Å²) in [5.41, 5.74) is 0. The quantitative estimate of drug-likeness (QED) is 0.769. The van der Waals surface area contributed by atoms with Gasteiger partial charge >= 0.3 is 6.18 Å². The maximum atomic E-state index is 12.0. The first-order valence-electron chi connectivity index (χ1n) is 5.29. The van der Waals surface area contributed by atoms with Crippen molar-refractivity contribution < 1.29 is 27.8 Å². The van der Waals surface area contributed by atoms with Gasteiger partial charge in [-0.2, -0.15) is 13.2 Å². The summed E-state index contributed by atoms with van der Waals surface area (Å²) in [5.74, 6) is -0.386. The molecule has 0 saturated heterocycles. The Hall–Kier alpha value is -0.800. The summed E-state index contributed by atoms with van der Waals surface area (Å²) >= 11 is 6.45. The minimum Gasteiger partial charge on any atom is -0.483 e. The zero-order chi connectivity index (χ0) is 15.3. The SMILES string of the molecule is O=C(COc1ccc(Br)cc1Br)NCC(O)C(F)(F)F. The Kier molecular flexibility index (Phi) is 6.28. The van der Waals surface area contributed by atoms with E-state index in [0.29, 0.717) is 10.2 Å². The van der Waals surface area contributed by atoms with Crippen molar-refractivity contribution in [2.75, 3.05) is 13.2 Å². The molecule has 4 nitrogen and oxygen atoms in total. The number of aliphatic hydroxyl groups is 1. The van der Waals surface area contributed by atoms with Crippen LogP contribution in [0.15, 0.2) is 27.1 Å². The molecule has 1 amide bonds. The van der Waals surface area contributed by atoms with Gasteiger partial charge in [0.2, 0.25) is 0 Å². The predicted octanol–water partition coefficient (Wildman–Crippen LogP) is 2.63. The van der Waals surface area contributed by atoms with Gasteiger partial charge in [0.05, 0.1) is 11.0 Å². The zero-order valence-electron chi connectivity index (χ0n) is 9.88. The molecule has 0 saturated carbocycles. The maximum Gasteiger partial charge on any atom is 0.416 e. The highest BCUT2D eigenvalue weighted by atomic mass is 79.9. The molecule has 0 spiro atoms. The molecule has 0 aliphatic heterocycles. The zero-order valence-corrected chi connectivity index (χ0v) is 13.0. The lowest BCUT2D eigenvalue weighted by Gasteiger charge is -2.15. The molecule has 112 valence electrons. The van der Waals surface area contributed by atoms with E-state index in [4.69, 9.17) is 9.84 Å². The number of ether oxygens (including phenoxy) is 1. The topological polar surface area (TPSA) is 58.6 Å². The van der Waals surface area contributed by atoms with E-state index in [-0.39, 0.29) is 0 Å². The molecule has 0 aromatic heterocycles. The molecule has 0 bridgehead atoms. The van der Waals surface area contributed by atoms with Crippen LogP contribution in [0.4, 0.5) is 13.2 Å². The van der Waals surface area contributed by atoms with Crippen LogP contribution in [-0.4, -0.2) is 36.4 Å². The molecule has 0 aliphatic carbocycles. The summed E-state index contributed by atoms with van der Waals surface area (Å²) in [6.45, 7) is -1.36. The Labute approximate surface area is 129 Å². The van der Waals surface area contributed by atoms with E-state index in [0.717, 1.165) is 4.47 Å². The van der Waals surface area contributed by atoms with Crippen LogP contribution in [0.5, 0.6) is 5.75 Å². The number of halogens is 5. The minimum absolute atomic E-state index is 0.375. The second kappa shape index (κ2) is 7.28. The van der Waals surface area contributed by atoms with Crippen LogP contribution in [0, 0.1) is 0 Å². The van der Waals surface area contributed by atoms with Gasteiger partial charge in [-0.3, -0.25) is 4.79 Å². The molecule has 9 heteroatoms. The molecule has 1 atom stereocenters. The summed E-state index contributed by atoms with van der Waals surface area (Å²) in [5, 5.41) is 10.6. The highest BCUT2D eigenvalue weighted by molar-refractivity contribution is 9.11. The maximum absolute atomic E-state index is 12.0. The van der Waals surface area contributed by atoms with Gasteiger partial charge in [-0.25, -0.2) is 0 Å². The number of aliphatic hydroxyl groups excluding tert-OH is 1. The standard InChI is InChI=1S/C11H10Br2F3NO3/c12-6-1-2-8(7(13)3-6)20-5-10(19)17-4-9(18)11(14,15)16/h1-3,9,18H,4-5H2,(H,17,19). The highest BCUT2D eigenvalue weighted by Gasteiger charge is 2.38. The van der Waals surface area contributed by atoms with Crippen LogP contribution >= 0.6 is 31.9 Å². The summed E-state index contributed by atoms with van der Waals surface area (Å²) in [6, 6.07) is 4.97. The third-order valence-electron chi connectivity index (χ3n) is 2.12. The van der Waals surface area contributed by atoms with Gasteiger partial charge in [0.1, 0.15) is 5.75 Å². The van der Waals surface area contributed by atoms with E-state index in [1.807, 2.05) is 5.32 Å². The number of amides is 1. The number of hydrogen-bond donors (Lipinski definition) is 2. The largest absolute Gasteiger partial charge is 0.483 e. The fourth-order valence-corrected chi connectivity index (χ4v) is 2.27. The molecule has 1 unspecified atom stereocenters. The predicted molar refractivity (Wildman–Crippen MR) is 72.4 cm³/mol. The molecule has 1 rings (SSSR count). The number of rotatable bonds is 5. The van der Waals surface area contributed by atoms with Crippen LogP contribution in [0.1, 0.15) is 0 Å². The fraction of sp³-hybridized carbons (Fsp3) is 0.364. The molecule has 0 heterocycles. The number of benzene rings is 1. The molecule has 1 aromatic rings. The number of carbonyl (C=O) groups excluding carboxylic acids is 1. The van der Waals surface area contributed by atoms with E-state index in [2.05, 4.69) is 31.9 Å². The molecular formula is C11H10Br2F3NO3. The Morgan fingerprint density at radius 2 is 2.05 bits per heavy atom. The van der Waals surface area contributed by atoms with Crippen molar-refractivity contribution in [3.63, 3.8) is 0 Å². The van der Waals surface area contributed by atoms with Crippen LogP contribution < -0.4 is 10.1 Å². The summed E-state index contributed by atoms with van der Waals surface area (Å²) < 4.78 is 42.5. The van der Waals surface area contributed by atoms with Gasteiger partial charge in [-0.1, -0.05) is 15.9 Å². The number of alkyl halides is 3. The third-order valence-corrected chi connectivity index (χ3v) is 3.24. The first-order chi connectivity index (χ1) is 9.20. The van der Waals surface area contributed by atoms with Crippen LogP contribution in [0.3, 0.4) is 0 Å². The third kappa shape index (κ3) is 5.68. The number of nitrogens with one attached hydrogen (secondary N) is 1. The Bertz CT molecular complexity index is 482. The lowest BCUT2D eigenvalue weighted by atomic mass is 10.3. The monoisotopic (exact) mass is 419 g/mol. The van der Waals surface area contributed by atoms with Gasteiger partial charge < -0.3 is 15.2 Å². The fourth-order valence-electron chi connectivity index (χ4n) is 1.11. The molecule has 1 aromatic carbocycles. The highest BCUT2D eigenvalue weighted by Crippen LogP contribution is 2.28. The van der Waals surface area contributed by atoms with Crippen LogP contribution in [0.2, 0.25) is 0 Å². The summed E-state index contributed by atoms with van der Waals surface area (Å²) in [4.78, 5) is 11.3. The van der Waals surface area contributed by atoms with E-state index in [1.54, 1.807) is 18.2 Å². The van der Waals surface area contributed by atoms with Crippen molar-refractivity contribution in [3.8, 4) is 5.75 Å². The lowest BCUT2D eigenvalue weighted by molar-refractivity contribution is -0.201. The first kappa shape index (κ1) is 17.3. The van der Waals surface area contributed by atoms with E-state index in [9.17, 15) is 18.0 Å². The van der Waals surface area contributed by atoms with Crippen LogP contribution in [-0.2, 0) is 4.79 Å². The van der Waals surface area contributed by atoms with Gasteiger partial charge in [0.25, 0.3) is 5.91 Å². The van der Waals surface area contributed by atoms with Crippen molar-refractivity contribution in [2.45, 2.75) is 12.3 Å². The lowest BCUT2D eigenvalue weighted by Crippen LogP contribution is -2.42. The molecular weight excluding hydrogens is 411 g/mol. The summed E-state index contributed by atoms with van der Waals surface area (Å²) in [7, 11) is 0. The smallest absolute Gasteiger partial charge is 0.416 e. The molecule has 0 radical (unpaired) electrons.